The van der Waals surface area contributed by atoms with Gasteiger partial charge in [-0.1, -0.05) is 25.5 Å². The van der Waals surface area contributed by atoms with E-state index in [1.807, 2.05) is 18.3 Å². The number of carboxylic acids is 1. The number of rotatable bonds is 8. The molecule has 1 aromatic heterocycles. The molecule has 134 valence electrons. The van der Waals surface area contributed by atoms with Gasteiger partial charge in [0.15, 0.2) is 0 Å². The number of nitrogens with zero attached hydrogens (tertiary/aromatic N) is 2. The summed E-state index contributed by atoms with van der Waals surface area (Å²) < 4.78 is 0. The largest absolute Gasteiger partial charge is 0.478 e. The van der Waals surface area contributed by atoms with Crippen LogP contribution in [0.3, 0.4) is 0 Å². The van der Waals surface area contributed by atoms with Gasteiger partial charge in [0.05, 0.1) is 5.56 Å². The molecule has 1 saturated heterocycles. The summed E-state index contributed by atoms with van der Waals surface area (Å²) in [5.41, 5.74) is 2.78. The van der Waals surface area contributed by atoms with Crippen LogP contribution in [0.1, 0.15) is 53.6 Å². The maximum absolute atomic E-state index is 10.9. The molecular formula is C20H27N3O2. The van der Waals surface area contributed by atoms with Crippen LogP contribution >= 0.6 is 0 Å². The lowest BCUT2D eigenvalue weighted by Gasteiger charge is -2.15. The third kappa shape index (κ3) is 4.92. The molecule has 2 aromatic rings. The molecule has 2 N–H and O–H groups in total. The monoisotopic (exact) mass is 341 g/mol. The predicted octanol–water partition coefficient (Wildman–Crippen LogP) is 3.52. The normalized spacial score (nSPS) is 17.9. The Hall–Kier alpha value is -2.14. The number of aryl methyl sites for hydroxylation is 1. The van der Waals surface area contributed by atoms with E-state index in [0.717, 1.165) is 38.3 Å². The Labute approximate surface area is 149 Å². The van der Waals surface area contributed by atoms with Gasteiger partial charge in [0.2, 0.25) is 0 Å². The van der Waals surface area contributed by atoms with Gasteiger partial charge in [-0.15, -0.1) is 0 Å². The molecule has 5 heteroatoms. The van der Waals surface area contributed by atoms with Gasteiger partial charge in [0.25, 0.3) is 0 Å². The second-order valence-electron chi connectivity index (χ2n) is 7.05. The van der Waals surface area contributed by atoms with Gasteiger partial charge in [-0.2, -0.15) is 0 Å². The Kier molecular flexibility index (Phi) is 5.87. The number of nitrogens with one attached hydrogen (secondary N) is 1. The second-order valence-corrected chi connectivity index (χ2v) is 7.05. The lowest BCUT2D eigenvalue weighted by molar-refractivity contribution is 0.0697. The summed E-state index contributed by atoms with van der Waals surface area (Å²) in [6.07, 6.45) is 7.59. The smallest absolute Gasteiger partial charge is 0.335 e. The van der Waals surface area contributed by atoms with Crippen LogP contribution in [0.5, 0.6) is 0 Å². The third-order valence-electron chi connectivity index (χ3n) is 4.94. The molecular weight excluding hydrogens is 314 g/mol. The van der Waals surface area contributed by atoms with Crippen LogP contribution in [0.2, 0.25) is 0 Å². The summed E-state index contributed by atoms with van der Waals surface area (Å²) >= 11 is 0. The van der Waals surface area contributed by atoms with E-state index in [1.165, 1.54) is 30.5 Å². The van der Waals surface area contributed by atoms with Gasteiger partial charge in [-0.05, 0) is 49.4 Å². The lowest BCUT2D eigenvalue weighted by atomic mass is 9.98. The van der Waals surface area contributed by atoms with Crippen LogP contribution in [0.15, 0.2) is 30.5 Å². The number of hydrogen-bond donors (Lipinski definition) is 2. The fraction of sp³-hybridized carbons (Fsp3) is 0.500. The summed E-state index contributed by atoms with van der Waals surface area (Å²) in [5.74, 6) is 0.876. The van der Waals surface area contributed by atoms with Crippen molar-refractivity contribution in [1.29, 1.82) is 0 Å². The lowest BCUT2D eigenvalue weighted by Crippen LogP contribution is -2.20. The van der Waals surface area contributed by atoms with Crippen LogP contribution in [0.4, 0.5) is 0 Å². The molecule has 0 aliphatic carbocycles. The minimum atomic E-state index is -0.864. The number of hydrogen-bond acceptors (Lipinski definition) is 3. The van der Waals surface area contributed by atoms with Crippen molar-refractivity contribution in [2.45, 2.75) is 45.6 Å². The molecule has 0 spiro atoms. The Morgan fingerprint density at radius 2 is 2.16 bits per heavy atom. The number of benzene rings is 1. The van der Waals surface area contributed by atoms with Crippen molar-refractivity contribution >= 4 is 5.97 Å². The summed E-state index contributed by atoms with van der Waals surface area (Å²) in [7, 11) is 0. The van der Waals surface area contributed by atoms with Crippen molar-refractivity contribution in [2.75, 3.05) is 13.1 Å². The van der Waals surface area contributed by atoms with Gasteiger partial charge in [0.1, 0.15) is 5.82 Å². The van der Waals surface area contributed by atoms with Gasteiger partial charge in [-0.25, -0.2) is 9.78 Å². The second kappa shape index (κ2) is 8.30. The number of imidazole rings is 1. The number of unbranched alkanes of at least 4 members (excludes halogenated alkanes) is 1. The summed E-state index contributed by atoms with van der Waals surface area (Å²) in [6.45, 7) is 5.34. The average molecular weight is 341 g/mol. The zero-order valence-corrected chi connectivity index (χ0v) is 14.9. The first-order valence-corrected chi connectivity index (χ1v) is 9.21. The first-order chi connectivity index (χ1) is 12.1. The Morgan fingerprint density at radius 1 is 1.36 bits per heavy atom. The van der Waals surface area contributed by atoms with Crippen LogP contribution in [-0.4, -0.2) is 39.0 Å². The maximum Gasteiger partial charge on any atom is 0.335 e. The zero-order chi connectivity index (χ0) is 17.6. The first kappa shape index (κ1) is 17.7. The molecule has 25 heavy (non-hydrogen) atoms. The Bertz CT molecular complexity index is 693. The maximum atomic E-state index is 10.9. The molecule has 3 rings (SSSR count). The van der Waals surface area contributed by atoms with E-state index in [1.54, 1.807) is 12.1 Å². The highest BCUT2D eigenvalue weighted by molar-refractivity contribution is 5.87. The molecule has 1 fully saturated rings. The van der Waals surface area contributed by atoms with Crippen molar-refractivity contribution in [2.24, 2.45) is 5.92 Å². The van der Waals surface area contributed by atoms with E-state index >= 15 is 0 Å². The van der Waals surface area contributed by atoms with E-state index in [0.29, 0.717) is 11.5 Å². The number of carboxylic acid groups (broad SMARTS) is 1. The fourth-order valence-electron chi connectivity index (χ4n) is 3.54. The SMILES string of the molecule is CCCCc1ncc(CN2CCC(Cc3ccc(C(=O)O)cc3)C2)[nH]1. The summed E-state index contributed by atoms with van der Waals surface area (Å²) in [4.78, 5) is 21.3. The molecule has 0 bridgehead atoms. The summed E-state index contributed by atoms with van der Waals surface area (Å²) in [6, 6.07) is 7.29. The van der Waals surface area contributed by atoms with Crippen molar-refractivity contribution < 1.29 is 9.90 Å². The summed E-state index contributed by atoms with van der Waals surface area (Å²) in [5, 5.41) is 8.97. The van der Waals surface area contributed by atoms with Crippen LogP contribution in [0.25, 0.3) is 0 Å². The Morgan fingerprint density at radius 3 is 2.88 bits per heavy atom. The number of likely N-dealkylation sites (tertiary alicyclic amines) is 1. The van der Waals surface area contributed by atoms with Crippen molar-refractivity contribution in [3.63, 3.8) is 0 Å². The molecule has 5 nitrogen and oxygen atoms in total. The number of aromatic nitrogens is 2. The minimum Gasteiger partial charge on any atom is -0.478 e. The van der Waals surface area contributed by atoms with E-state index in [9.17, 15) is 4.79 Å². The number of carbonyl (C=O) groups is 1. The van der Waals surface area contributed by atoms with Crippen LogP contribution < -0.4 is 0 Å². The van der Waals surface area contributed by atoms with Crippen LogP contribution in [-0.2, 0) is 19.4 Å². The van der Waals surface area contributed by atoms with Gasteiger partial charge in [0, 0.05) is 31.4 Å². The van der Waals surface area contributed by atoms with E-state index in [-0.39, 0.29) is 0 Å². The molecule has 1 aliphatic heterocycles. The first-order valence-electron chi connectivity index (χ1n) is 9.21. The number of aromatic amines is 1. The van der Waals surface area contributed by atoms with Gasteiger partial charge < -0.3 is 10.1 Å². The standard InChI is InChI=1S/C20H27N3O2/c1-2-3-4-19-21-12-18(22-19)14-23-10-9-16(13-23)11-15-5-7-17(8-6-15)20(24)25/h5-8,12,16H,2-4,9-11,13-14H2,1H3,(H,21,22)(H,24,25). The zero-order valence-electron chi connectivity index (χ0n) is 14.9. The highest BCUT2D eigenvalue weighted by Gasteiger charge is 2.23. The highest BCUT2D eigenvalue weighted by Crippen LogP contribution is 2.22. The molecule has 1 atom stereocenters. The quantitative estimate of drug-likeness (QED) is 0.771. The molecule has 1 unspecified atom stereocenters. The molecule has 0 saturated carbocycles. The highest BCUT2D eigenvalue weighted by atomic mass is 16.4. The van der Waals surface area contributed by atoms with E-state index in [2.05, 4.69) is 21.8 Å². The van der Waals surface area contributed by atoms with Gasteiger partial charge >= 0.3 is 5.97 Å². The van der Waals surface area contributed by atoms with E-state index in [4.69, 9.17) is 5.11 Å². The number of H-pyrrole nitrogens is 1. The van der Waals surface area contributed by atoms with Crippen molar-refractivity contribution in [3.05, 3.63) is 53.1 Å². The topological polar surface area (TPSA) is 69.2 Å². The third-order valence-corrected chi connectivity index (χ3v) is 4.94. The molecule has 0 radical (unpaired) electrons. The van der Waals surface area contributed by atoms with Gasteiger partial charge in [-0.3, -0.25) is 4.90 Å². The van der Waals surface area contributed by atoms with Crippen molar-refractivity contribution in [3.8, 4) is 0 Å². The Balaban J connectivity index is 1.48. The number of aromatic carboxylic acids is 1. The molecule has 1 aromatic carbocycles. The molecule has 1 aliphatic rings. The molecule has 2 heterocycles. The average Bonchev–Trinajstić information content (AvgIpc) is 3.23. The predicted molar refractivity (Wildman–Crippen MR) is 97.7 cm³/mol. The van der Waals surface area contributed by atoms with Crippen molar-refractivity contribution in [1.82, 2.24) is 14.9 Å². The molecule has 0 amide bonds. The van der Waals surface area contributed by atoms with E-state index < -0.39 is 5.97 Å². The minimum absolute atomic E-state index is 0.356. The fourth-order valence-corrected chi connectivity index (χ4v) is 3.54. The van der Waals surface area contributed by atoms with Crippen LogP contribution in [0, 0.1) is 5.92 Å².